The van der Waals surface area contributed by atoms with Crippen LogP contribution in [0, 0.1) is 0 Å². The van der Waals surface area contributed by atoms with E-state index in [9.17, 15) is 13.6 Å². The van der Waals surface area contributed by atoms with Gasteiger partial charge in [0.25, 0.3) is 6.08 Å². The van der Waals surface area contributed by atoms with E-state index in [-0.39, 0.29) is 18.7 Å². The molecule has 86 valence electrons. The molecular formula is C10H11F2N3O. The van der Waals surface area contributed by atoms with Crippen molar-refractivity contribution < 1.29 is 13.6 Å². The van der Waals surface area contributed by atoms with E-state index in [4.69, 9.17) is 0 Å². The lowest BCUT2D eigenvalue weighted by molar-refractivity contribution is -0.116. The van der Waals surface area contributed by atoms with E-state index in [1.165, 1.54) is 6.20 Å². The van der Waals surface area contributed by atoms with Gasteiger partial charge in [0.05, 0.1) is 0 Å². The fraction of sp³-hybridized carbons (Fsp3) is 0.300. The molecule has 1 amide bonds. The maximum absolute atomic E-state index is 11.6. The standard InChI is InChI=1S/C10H11F2N3O/c11-8(12)4-1-2-6-10(16)14-9-5-3-7-13-15-9/h3-5,7H,1-2,6H2,(H,14,15,16). The molecule has 0 aliphatic rings. The summed E-state index contributed by atoms with van der Waals surface area (Å²) in [7, 11) is 0. The highest BCUT2D eigenvalue weighted by Crippen LogP contribution is 2.05. The third-order valence-electron chi connectivity index (χ3n) is 1.75. The monoisotopic (exact) mass is 227 g/mol. The molecule has 0 bridgehead atoms. The van der Waals surface area contributed by atoms with Crippen LogP contribution in [0.3, 0.4) is 0 Å². The predicted octanol–water partition coefficient (Wildman–Crippen LogP) is 2.37. The first-order valence-corrected chi connectivity index (χ1v) is 4.77. The van der Waals surface area contributed by atoms with Crippen LogP contribution in [0.5, 0.6) is 0 Å². The van der Waals surface area contributed by atoms with Gasteiger partial charge in [-0.05, 0) is 31.1 Å². The molecule has 0 fully saturated rings. The van der Waals surface area contributed by atoms with Crippen molar-refractivity contribution >= 4 is 11.7 Å². The Hall–Kier alpha value is -1.85. The number of amides is 1. The van der Waals surface area contributed by atoms with Crippen LogP contribution in [-0.4, -0.2) is 16.1 Å². The molecule has 0 saturated carbocycles. The molecular weight excluding hydrogens is 216 g/mol. The molecule has 1 aromatic rings. The van der Waals surface area contributed by atoms with Crippen LogP contribution in [-0.2, 0) is 4.79 Å². The van der Waals surface area contributed by atoms with Crippen molar-refractivity contribution in [2.24, 2.45) is 0 Å². The molecule has 0 saturated heterocycles. The van der Waals surface area contributed by atoms with E-state index >= 15 is 0 Å². The van der Waals surface area contributed by atoms with Crippen molar-refractivity contribution in [3.63, 3.8) is 0 Å². The zero-order valence-corrected chi connectivity index (χ0v) is 8.49. The van der Waals surface area contributed by atoms with Gasteiger partial charge in [-0.15, -0.1) is 5.10 Å². The lowest BCUT2D eigenvalue weighted by Gasteiger charge is -2.01. The molecule has 0 unspecified atom stereocenters. The number of anilines is 1. The van der Waals surface area contributed by atoms with E-state index in [2.05, 4.69) is 15.5 Å². The van der Waals surface area contributed by atoms with Crippen molar-refractivity contribution in [2.45, 2.75) is 19.3 Å². The molecule has 0 aliphatic heterocycles. The summed E-state index contributed by atoms with van der Waals surface area (Å²) in [5, 5.41) is 9.75. The van der Waals surface area contributed by atoms with E-state index in [1.54, 1.807) is 12.1 Å². The maximum atomic E-state index is 11.6. The Morgan fingerprint density at radius 2 is 2.31 bits per heavy atom. The average molecular weight is 227 g/mol. The van der Waals surface area contributed by atoms with Gasteiger partial charge in [-0.2, -0.15) is 13.9 Å². The molecule has 0 aromatic carbocycles. The van der Waals surface area contributed by atoms with Gasteiger partial charge in [0, 0.05) is 12.6 Å². The van der Waals surface area contributed by atoms with E-state index in [0.29, 0.717) is 12.2 Å². The normalized spacial score (nSPS) is 9.62. The first-order chi connectivity index (χ1) is 7.68. The Bertz CT molecular complexity index is 364. The number of unbranched alkanes of at least 4 members (excludes halogenated alkanes) is 1. The second kappa shape index (κ2) is 6.60. The highest BCUT2D eigenvalue weighted by Gasteiger charge is 2.02. The quantitative estimate of drug-likeness (QED) is 0.785. The van der Waals surface area contributed by atoms with Gasteiger partial charge >= 0.3 is 0 Å². The number of hydrogen-bond acceptors (Lipinski definition) is 3. The van der Waals surface area contributed by atoms with Crippen molar-refractivity contribution in [2.75, 3.05) is 5.32 Å². The SMILES string of the molecule is O=C(CCCC=C(F)F)Nc1cccnn1. The van der Waals surface area contributed by atoms with E-state index < -0.39 is 6.08 Å². The highest BCUT2D eigenvalue weighted by molar-refractivity contribution is 5.89. The lowest BCUT2D eigenvalue weighted by Crippen LogP contribution is -2.12. The Balaban J connectivity index is 2.24. The Labute approximate surface area is 91.4 Å². The number of aromatic nitrogens is 2. The van der Waals surface area contributed by atoms with E-state index in [1.807, 2.05) is 0 Å². The number of rotatable bonds is 5. The summed E-state index contributed by atoms with van der Waals surface area (Å²) in [6.45, 7) is 0. The van der Waals surface area contributed by atoms with E-state index in [0.717, 1.165) is 6.08 Å². The minimum Gasteiger partial charge on any atom is -0.309 e. The van der Waals surface area contributed by atoms with Crippen LogP contribution in [0.15, 0.2) is 30.5 Å². The summed E-state index contributed by atoms with van der Waals surface area (Å²) in [5.74, 6) is 0.105. The van der Waals surface area contributed by atoms with Crippen molar-refractivity contribution in [3.8, 4) is 0 Å². The molecule has 6 heteroatoms. The molecule has 16 heavy (non-hydrogen) atoms. The number of allylic oxidation sites excluding steroid dienone is 1. The van der Waals surface area contributed by atoms with Crippen LogP contribution in [0.2, 0.25) is 0 Å². The van der Waals surface area contributed by atoms with Crippen molar-refractivity contribution in [1.82, 2.24) is 10.2 Å². The highest BCUT2D eigenvalue weighted by atomic mass is 19.3. The summed E-state index contributed by atoms with van der Waals surface area (Å²) in [6.07, 6.45) is 1.33. The van der Waals surface area contributed by atoms with Crippen LogP contribution >= 0.6 is 0 Å². The predicted molar refractivity (Wildman–Crippen MR) is 54.8 cm³/mol. The zero-order valence-electron chi connectivity index (χ0n) is 8.49. The van der Waals surface area contributed by atoms with Crippen LogP contribution < -0.4 is 5.32 Å². The number of hydrogen-bond donors (Lipinski definition) is 1. The van der Waals surface area contributed by atoms with Crippen LogP contribution in [0.1, 0.15) is 19.3 Å². The Morgan fingerprint density at radius 1 is 1.50 bits per heavy atom. The molecule has 1 N–H and O–H groups in total. The average Bonchev–Trinajstić information content (AvgIpc) is 2.25. The number of carbonyl (C=O) groups excluding carboxylic acids is 1. The summed E-state index contributed by atoms with van der Waals surface area (Å²) in [5.41, 5.74) is 0. The number of nitrogens with one attached hydrogen (secondary N) is 1. The lowest BCUT2D eigenvalue weighted by atomic mass is 10.2. The fourth-order valence-corrected chi connectivity index (χ4v) is 1.05. The second-order valence-electron chi connectivity index (χ2n) is 3.04. The summed E-state index contributed by atoms with van der Waals surface area (Å²) < 4.78 is 23.3. The summed E-state index contributed by atoms with van der Waals surface area (Å²) in [6, 6.07) is 3.25. The molecule has 0 spiro atoms. The number of nitrogens with zero attached hydrogens (tertiary/aromatic N) is 2. The maximum Gasteiger partial charge on any atom is 0.266 e. The fourth-order valence-electron chi connectivity index (χ4n) is 1.05. The van der Waals surface area contributed by atoms with Gasteiger partial charge in [0.1, 0.15) is 0 Å². The van der Waals surface area contributed by atoms with Crippen LogP contribution in [0.25, 0.3) is 0 Å². The third-order valence-corrected chi connectivity index (χ3v) is 1.75. The van der Waals surface area contributed by atoms with Gasteiger partial charge in [0.15, 0.2) is 5.82 Å². The number of halogens is 2. The molecule has 0 atom stereocenters. The molecule has 0 radical (unpaired) electrons. The smallest absolute Gasteiger partial charge is 0.266 e. The molecule has 1 aromatic heterocycles. The Kier molecular flexibility index (Phi) is 5.04. The number of carbonyl (C=O) groups is 1. The largest absolute Gasteiger partial charge is 0.309 e. The Morgan fingerprint density at radius 3 is 2.94 bits per heavy atom. The van der Waals surface area contributed by atoms with Gasteiger partial charge in [0.2, 0.25) is 5.91 Å². The van der Waals surface area contributed by atoms with Gasteiger partial charge < -0.3 is 5.32 Å². The topological polar surface area (TPSA) is 54.9 Å². The van der Waals surface area contributed by atoms with Gasteiger partial charge in [-0.3, -0.25) is 4.79 Å². The van der Waals surface area contributed by atoms with Gasteiger partial charge in [-0.25, -0.2) is 0 Å². The minimum absolute atomic E-state index is 0.181. The summed E-state index contributed by atoms with van der Waals surface area (Å²) >= 11 is 0. The first kappa shape index (κ1) is 12.2. The third kappa shape index (κ3) is 5.14. The van der Waals surface area contributed by atoms with Crippen LogP contribution in [0.4, 0.5) is 14.6 Å². The van der Waals surface area contributed by atoms with Crippen molar-refractivity contribution in [1.29, 1.82) is 0 Å². The van der Waals surface area contributed by atoms with Gasteiger partial charge in [-0.1, -0.05) is 0 Å². The molecule has 0 aliphatic carbocycles. The molecule has 4 nitrogen and oxygen atoms in total. The second-order valence-corrected chi connectivity index (χ2v) is 3.04. The molecule has 1 rings (SSSR count). The molecule has 1 heterocycles. The minimum atomic E-state index is -1.71. The first-order valence-electron chi connectivity index (χ1n) is 4.77. The summed E-state index contributed by atoms with van der Waals surface area (Å²) in [4.78, 5) is 11.3. The van der Waals surface area contributed by atoms with Crippen molar-refractivity contribution in [3.05, 3.63) is 30.5 Å². The zero-order chi connectivity index (χ0) is 11.8.